The quantitative estimate of drug-likeness (QED) is 0.489. The van der Waals surface area contributed by atoms with E-state index in [4.69, 9.17) is 0 Å². The van der Waals surface area contributed by atoms with Gasteiger partial charge in [0.05, 0.1) is 34.4 Å². The number of hydrogen-bond donors (Lipinski definition) is 1. The second kappa shape index (κ2) is 10.3. The molecule has 1 fully saturated rings. The molecular formula is C28H36N4O3S. The summed E-state index contributed by atoms with van der Waals surface area (Å²) in [5.74, 6) is -0.188. The molecule has 4 rings (SSSR count). The molecule has 1 saturated heterocycles. The van der Waals surface area contributed by atoms with Crippen molar-refractivity contribution < 1.29 is 14.7 Å². The molecule has 192 valence electrons. The zero-order valence-electron chi connectivity index (χ0n) is 21.9. The van der Waals surface area contributed by atoms with Crippen LogP contribution in [0.15, 0.2) is 42.2 Å². The number of aliphatic hydroxyl groups excluding tert-OH is 1. The van der Waals surface area contributed by atoms with Gasteiger partial charge in [0.15, 0.2) is 5.78 Å². The van der Waals surface area contributed by atoms with E-state index < -0.39 is 23.6 Å². The van der Waals surface area contributed by atoms with Gasteiger partial charge in [0, 0.05) is 25.6 Å². The van der Waals surface area contributed by atoms with Crippen LogP contribution in [0.1, 0.15) is 69.3 Å². The number of aryl methyl sites for hydroxylation is 2. The molecule has 0 saturated carbocycles. The van der Waals surface area contributed by atoms with Crippen molar-refractivity contribution in [2.75, 3.05) is 6.54 Å². The van der Waals surface area contributed by atoms with E-state index in [-0.39, 0.29) is 30.6 Å². The highest BCUT2D eigenvalue weighted by Crippen LogP contribution is 2.35. The number of thiazole rings is 1. The van der Waals surface area contributed by atoms with Crippen molar-refractivity contribution in [1.82, 2.24) is 19.7 Å². The summed E-state index contributed by atoms with van der Waals surface area (Å²) in [4.78, 5) is 34.3. The van der Waals surface area contributed by atoms with Crippen LogP contribution in [-0.2, 0) is 9.59 Å². The van der Waals surface area contributed by atoms with Crippen molar-refractivity contribution in [2.45, 2.75) is 78.5 Å². The van der Waals surface area contributed by atoms with Gasteiger partial charge in [-0.1, -0.05) is 52.0 Å². The molecule has 1 aliphatic rings. The van der Waals surface area contributed by atoms with Gasteiger partial charge in [0.25, 0.3) is 0 Å². The van der Waals surface area contributed by atoms with Crippen LogP contribution in [0.2, 0.25) is 0 Å². The van der Waals surface area contributed by atoms with E-state index in [1.807, 2.05) is 53.2 Å². The number of carbonyl (C=O) groups is 2. The van der Waals surface area contributed by atoms with Crippen molar-refractivity contribution in [1.29, 1.82) is 0 Å². The van der Waals surface area contributed by atoms with Gasteiger partial charge in [0.1, 0.15) is 6.04 Å². The van der Waals surface area contributed by atoms with Gasteiger partial charge in [-0.15, -0.1) is 11.3 Å². The Morgan fingerprint density at radius 1 is 1.19 bits per heavy atom. The zero-order valence-corrected chi connectivity index (χ0v) is 22.7. The number of β-amino-alcohol motifs (C(OH)–C–C–N with tert-alkyl or cyclic N) is 1. The van der Waals surface area contributed by atoms with Crippen molar-refractivity contribution in [3.63, 3.8) is 0 Å². The Hall–Kier alpha value is -2.84. The van der Waals surface area contributed by atoms with E-state index in [1.54, 1.807) is 27.1 Å². The van der Waals surface area contributed by atoms with Gasteiger partial charge >= 0.3 is 0 Å². The molecule has 4 atom stereocenters. The Kier molecular flexibility index (Phi) is 7.48. The summed E-state index contributed by atoms with van der Waals surface area (Å²) < 4.78 is 1.69. The van der Waals surface area contributed by atoms with Crippen LogP contribution in [-0.4, -0.2) is 55.2 Å². The third-order valence-electron chi connectivity index (χ3n) is 6.98. The maximum Gasteiger partial charge on any atom is 0.248 e. The highest BCUT2D eigenvalue weighted by atomic mass is 32.1. The van der Waals surface area contributed by atoms with Crippen molar-refractivity contribution in [2.24, 2.45) is 5.41 Å². The van der Waals surface area contributed by atoms with Crippen LogP contribution < -0.4 is 0 Å². The van der Waals surface area contributed by atoms with Gasteiger partial charge in [-0.3, -0.25) is 14.3 Å². The van der Waals surface area contributed by atoms with Gasteiger partial charge in [-0.25, -0.2) is 4.98 Å². The minimum atomic E-state index is -0.708. The summed E-state index contributed by atoms with van der Waals surface area (Å²) in [7, 11) is 0. The number of hydrogen-bond acceptors (Lipinski definition) is 6. The predicted molar refractivity (Wildman–Crippen MR) is 142 cm³/mol. The first-order valence-electron chi connectivity index (χ1n) is 12.5. The Labute approximate surface area is 217 Å². The minimum Gasteiger partial charge on any atom is -0.391 e. The van der Waals surface area contributed by atoms with Gasteiger partial charge in [0.2, 0.25) is 5.91 Å². The lowest BCUT2D eigenvalue weighted by Gasteiger charge is -2.35. The Balaban J connectivity index is 1.50. The first-order valence-corrected chi connectivity index (χ1v) is 13.4. The van der Waals surface area contributed by atoms with E-state index in [2.05, 4.69) is 34.3 Å². The monoisotopic (exact) mass is 508 g/mol. The van der Waals surface area contributed by atoms with Crippen molar-refractivity contribution in [3.05, 3.63) is 59.0 Å². The molecule has 1 aromatic carbocycles. The maximum absolute atomic E-state index is 13.8. The lowest BCUT2D eigenvalue weighted by Crippen LogP contribution is -2.47. The first kappa shape index (κ1) is 26.2. The van der Waals surface area contributed by atoms with Crippen LogP contribution in [0.5, 0.6) is 0 Å². The standard InChI is InChI=1S/C28H36N4O3S/c1-17-13-30-32(14-17)26(28(4,5)6)27(35)31-15-22(33)12-23(31)24(34)11-18(2)20-7-9-21(10-8-20)25-19(3)29-16-36-25/h7-10,13-14,16,18,22-23,26,33H,11-12,15H2,1-6H3/t18-,22-,23+,26-/m1/s1. The summed E-state index contributed by atoms with van der Waals surface area (Å²) in [6.45, 7) is 12.1. The molecule has 0 spiro atoms. The van der Waals surface area contributed by atoms with E-state index >= 15 is 0 Å². The van der Waals surface area contributed by atoms with E-state index in [0.29, 0.717) is 6.42 Å². The molecule has 1 amide bonds. The molecule has 3 heterocycles. The molecule has 1 aliphatic heterocycles. The number of amides is 1. The Bertz CT molecular complexity index is 1220. The van der Waals surface area contributed by atoms with Crippen LogP contribution in [0.4, 0.5) is 0 Å². The van der Waals surface area contributed by atoms with Crippen LogP contribution in [0.3, 0.4) is 0 Å². The Morgan fingerprint density at radius 2 is 1.89 bits per heavy atom. The highest BCUT2D eigenvalue weighted by molar-refractivity contribution is 7.13. The number of rotatable bonds is 7. The van der Waals surface area contributed by atoms with Gasteiger partial charge in [-0.05, 0) is 41.9 Å². The second-order valence-corrected chi connectivity index (χ2v) is 12.0. The largest absolute Gasteiger partial charge is 0.391 e. The number of aromatic nitrogens is 3. The number of ketones is 1. The van der Waals surface area contributed by atoms with Gasteiger partial charge < -0.3 is 10.0 Å². The number of nitrogens with zero attached hydrogens (tertiary/aromatic N) is 4. The lowest BCUT2D eigenvalue weighted by atomic mass is 9.85. The molecule has 8 heteroatoms. The molecule has 36 heavy (non-hydrogen) atoms. The third-order valence-corrected chi connectivity index (χ3v) is 7.96. The normalized spacial score (nSPS) is 19.9. The molecular weight excluding hydrogens is 472 g/mol. The minimum absolute atomic E-state index is 0.00372. The van der Waals surface area contributed by atoms with Crippen LogP contribution >= 0.6 is 11.3 Å². The topological polar surface area (TPSA) is 88.3 Å². The molecule has 1 N–H and O–H groups in total. The number of Topliss-reactive ketones (excluding diaryl/α,β-unsaturated/α-hetero) is 1. The average Bonchev–Trinajstić information content (AvgIpc) is 3.53. The predicted octanol–water partition coefficient (Wildman–Crippen LogP) is 4.94. The van der Waals surface area contributed by atoms with E-state index in [9.17, 15) is 14.7 Å². The lowest BCUT2D eigenvalue weighted by molar-refractivity contribution is -0.143. The molecule has 7 nitrogen and oxygen atoms in total. The van der Waals surface area contributed by atoms with Crippen LogP contribution in [0.25, 0.3) is 10.4 Å². The molecule has 0 aliphatic carbocycles. The molecule has 3 aromatic rings. The molecule has 0 radical (unpaired) electrons. The fourth-order valence-corrected chi connectivity index (χ4v) is 5.88. The fourth-order valence-electron chi connectivity index (χ4n) is 5.07. The van der Waals surface area contributed by atoms with E-state index in [0.717, 1.165) is 27.3 Å². The van der Waals surface area contributed by atoms with Crippen molar-refractivity contribution in [3.8, 4) is 10.4 Å². The number of likely N-dealkylation sites (tertiary alicyclic amines) is 1. The third kappa shape index (κ3) is 5.44. The summed E-state index contributed by atoms with van der Waals surface area (Å²) in [5.41, 5.74) is 5.61. The number of carbonyl (C=O) groups excluding carboxylic acids is 2. The number of benzene rings is 1. The second-order valence-electron chi connectivity index (χ2n) is 11.1. The summed E-state index contributed by atoms with van der Waals surface area (Å²) in [6.07, 6.45) is 3.46. The van der Waals surface area contributed by atoms with Crippen LogP contribution in [0, 0.1) is 19.3 Å². The van der Waals surface area contributed by atoms with Crippen molar-refractivity contribution >= 4 is 23.0 Å². The number of aliphatic hydroxyl groups is 1. The van der Waals surface area contributed by atoms with E-state index in [1.165, 1.54) is 0 Å². The highest BCUT2D eigenvalue weighted by Gasteiger charge is 2.44. The zero-order chi connectivity index (χ0) is 26.2. The smallest absolute Gasteiger partial charge is 0.248 e. The summed E-state index contributed by atoms with van der Waals surface area (Å²) in [6, 6.07) is 7.09. The first-order chi connectivity index (χ1) is 17.0. The maximum atomic E-state index is 13.8. The Morgan fingerprint density at radius 3 is 2.44 bits per heavy atom. The SMILES string of the molecule is Cc1cnn([C@H](C(=O)N2C[C@H](O)C[C@H]2C(=O)C[C@@H](C)c2ccc(-c3scnc3C)cc2)C(C)(C)C)c1. The van der Waals surface area contributed by atoms with Gasteiger partial charge in [-0.2, -0.15) is 5.10 Å². The summed E-state index contributed by atoms with van der Waals surface area (Å²) in [5, 5.41) is 14.9. The molecule has 0 bridgehead atoms. The molecule has 0 unspecified atom stereocenters. The fraction of sp³-hybridized carbons (Fsp3) is 0.500. The average molecular weight is 509 g/mol. The molecule has 2 aromatic heterocycles. The summed E-state index contributed by atoms with van der Waals surface area (Å²) >= 11 is 1.62.